The Morgan fingerprint density at radius 3 is 2.65 bits per heavy atom. The molecule has 0 unspecified atom stereocenters. The molecular weight excluding hydrogens is 292 g/mol. The van der Waals surface area contributed by atoms with E-state index < -0.39 is 5.97 Å². The minimum Gasteiger partial charge on any atom is -0.478 e. The van der Waals surface area contributed by atoms with Crippen molar-refractivity contribution in [1.29, 1.82) is 0 Å². The van der Waals surface area contributed by atoms with Crippen LogP contribution in [-0.4, -0.2) is 11.1 Å². The predicted octanol–water partition coefficient (Wildman–Crippen LogP) is 4.68. The summed E-state index contributed by atoms with van der Waals surface area (Å²) < 4.78 is 0. The van der Waals surface area contributed by atoms with Crippen molar-refractivity contribution in [2.75, 3.05) is 0 Å². The molecule has 0 bridgehead atoms. The van der Waals surface area contributed by atoms with Crippen LogP contribution in [0, 0.1) is 0 Å². The van der Waals surface area contributed by atoms with E-state index in [-0.39, 0.29) is 5.56 Å². The van der Waals surface area contributed by atoms with Crippen molar-refractivity contribution in [2.45, 2.75) is 29.1 Å². The molecule has 1 aliphatic rings. The fourth-order valence-corrected chi connectivity index (χ4v) is 3.64. The van der Waals surface area contributed by atoms with Gasteiger partial charge in [0.25, 0.3) is 0 Å². The van der Waals surface area contributed by atoms with Crippen molar-refractivity contribution in [3.05, 3.63) is 58.1 Å². The second-order valence-electron chi connectivity index (χ2n) is 4.84. The van der Waals surface area contributed by atoms with Crippen molar-refractivity contribution in [1.82, 2.24) is 0 Å². The van der Waals surface area contributed by atoms with Crippen LogP contribution in [0.1, 0.15) is 27.9 Å². The van der Waals surface area contributed by atoms with Gasteiger partial charge < -0.3 is 5.11 Å². The average Bonchev–Trinajstić information content (AvgIpc) is 2.88. The second kappa shape index (κ2) is 5.51. The minimum atomic E-state index is -0.957. The summed E-state index contributed by atoms with van der Waals surface area (Å²) in [5, 5.41) is 9.41. The number of rotatable bonds is 3. The van der Waals surface area contributed by atoms with E-state index in [1.165, 1.54) is 30.0 Å². The lowest BCUT2D eigenvalue weighted by Crippen LogP contribution is -1.95. The van der Waals surface area contributed by atoms with Crippen LogP contribution in [0.5, 0.6) is 0 Å². The maximum Gasteiger partial charge on any atom is 0.335 e. The summed E-state index contributed by atoms with van der Waals surface area (Å²) in [6.45, 7) is 0. The molecule has 1 aliphatic carbocycles. The Bertz CT molecular complexity index is 682. The van der Waals surface area contributed by atoms with Crippen molar-refractivity contribution < 1.29 is 9.90 Å². The van der Waals surface area contributed by atoms with Crippen LogP contribution in [0.25, 0.3) is 0 Å². The van der Waals surface area contributed by atoms with E-state index in [4.69, 9.17) is 16.7 Å². The largest absolute Gasteiger partial charge is 0.478 e. The first-order valence-corrected chi connectivity index (χ1v) is 7.65. The third-order valence-electron chi connectivity index (χ3n) is 3.48. The summed E-state index contributed by atoms with van der Waals surface area (Å²) >= 11 is 7.73. The Labute approximate surface area is 126 Å². The smallest absolute Gasteiger partial charge is 0.335 e. The zero-order chi connectivity index (χ0) is 14.1. The maximum absolute atomic E-state index is 10.9. The van der Waals surface area contributed by atoms with Crippen LogP contribution in [0.15, 0.2) is 46.2 Å². The number of benzene rings is 2. The number of carboxylic acid groups (broad SMARTS) is 1. The Kier molecular flexibility index (Phi) is 3.72. The molecule has 0 spiro atoms. The molecule has 102 valence electrons. The molecule has 0 aromatic heterocycles. The van der Waals surface area contributed by atoms with E-state index in [2.05, 4.69) is 18.2 Å². The minimum absolute atomic E-state index is 0.216. The first kappa shape index (κ1) is 13.5. The summed E-state index contributed by atoms with van der Waals surface area (Å²) in [6.07, 6.45) is 3.56. The molecule has 4 heteroatoms. The number of hydrogen-bond donors (Lipinski definition) is 1. The predicted molar refractivity (Wildman–Crippen MR) is 81.0 cm³/mol. The molecule has 0 saturated heterocycles. The summed E-state index contributed by atoms with van der Waals surface area (Å²) in [5.41, 5.74) is 3.09. The quantitative estimate of drug-likeness (QED) is 0.894. The van der Waals surface area contributed by atoms with Gasteiger partial charge in [-0.25, -0.2) is 4.79 Å². The Hall–Kier alpha value is -1.45. The van der Waals surface area contributed by atoms with Crippen LogP contribution < -0.4 is 0 Å². The number of aromatic carboxylic acids is 1. The van der Waals surface area contributed by atoms with Crippen molar-refractivity contribution in [3.63, 3.8) is 0 Å². The second-order valence-corrected chi connectivity index (χ2v) is 6.36. The maximum atomic E-state index is 10.9. The van der Waals surface area contributed by atoms with Crippen LogP contribution in [0.3, 0.4) is 0 Å². The van der Waals surface area contributed by atoms with Crippen molar-refractivity contribution in [2.24, 2.45) is 0 Å². The molecule has 0 amide bonds. The van der Waals surface area contributed by atoms with Gasteiger partial charge in [0, 0.05) is 9.79 Å². The van der Waals surface area contributed by atoms with Gasteiger partial charge in [0.05, 0.1) is 10.6 Å². The number of carboxylic acids is 1. The van der Waals surface area contributed by atoms with Crippen LogP contribution >= 0.6 is 23.4 Å². The van der Waals surface area contributed by atoms with Crippen molar-refractivity contribution in [3.8, 4) is 0 Å². The van der Waals surface area contributed by atoms with Gasteiger partial charge in [-0.05, 0) is 60.7 Å². The Balaban J connectivity index is 1.86. The average molecular weight is 305 g/mol. The van der Waals surface area contributed by atoms with Gasteiger partial charge in [-0.3, -0.25) is 0 Å². The van der Waals surface area contributed by atoms with Gasteiger partial charge in [0.2, 0.25) is 0 Å². The first-order chi connectivity index (χ1) is 9.63. The monoisotopic (exact) mass is 304 g/mol. The highest BCUT2D eigenvalue weighted by Gasteiger charge is 2.12. The lowest BCUT2D eigenvalue weighted by atomic mass is 10.1. The van der Waals surface area contributed by atoms with Gasteiger partial charge in [-0.1, -0.05) is 29.4 Å². The molecule has 20 heavy (non-hydrogen) atoms. The number of halogens is 1. The summed E-state index contributed by atoms with van der Waals surface area (Å²) in [7, 11) is 0. The van der Waals surface area contributed by atoms with Gasteiger partial charge >= 0.3 is 5.97 Å². The molecule has 2 nitrogen and oxygen atoms in total. The molecule has 1 N–H and O–H groups in total. The zero-order valence-electron chi connectivity index (χ0n) is 10.7. The third kappa shape index (κ3) is 2.69. The number of fused-ring (bicyclic) bond motifs is 1. The lowest BCUT2D eigenvalue weighted by Gasteiger charge is -2.07. The summed E-state index contributed by atoms with van der Waals surface area (Å²) in [6, 6.07) is 11.4. The fourth-order valence-electron chi connectivity index (χ4n) is 2.46. The summed E-state index contributed by atoms with van der Waals surface area (Å²) in [4.78, 5) is 12.9. The molecule has 0 atom stereocenters. The van der Waals surface area contributed by atoms with Gasteiger partial charge in [-0.2, -0.15) is 0 Å². The molecule has 2 aromatic carbocycles. The molecule has 0 aliphatic heterocycles. The van der Waals surface area contributed by atoms with E-state index in [9.17, 15) is 4.79 Å². The first-order valence-electron chi connectivity index (χ1n) is 6.46. The van der Waals surface area contributed by atoms with Crippen LogP contribution in [0.4, 0.5) is 0 Å². The Morgan fingerprint density at radius 1 is 1.10 bits per heavy atom. The molecule has 0 radical (unpaired) electrons. The van der Waals surface area contributed by atoms with Crippen LogP contribution in [0.2, 0.25) is 5.02 Å². The Morgan fingerprint density at radius 2 is 1.90 bits per heavy atom. The fraction of sp³-hybridized carbons (Fsp3) is 0.188. The summed E-state index contributed by atoms with van der Waals surface area (Å²) in [5.74, 6) is -0.957. The molecular formula is C16H13ClO2S. The van der Waals surface area contributed by atoms with E-state index in [1.54, 1.807) is 23.9 Å². The molecule has 0 heterocycles. The molecule has 0 fully saturated rings. The van der Waals surface area contributed by atoms with Crippen molar-refractivity contribution >= 4 is 29.3 Å². The highest BCUT2D eigenvalue weighted by molar-refractivity contribution is 7.99. The SMILES string of the molecule is O=C(O)c1ccc(Sc2ccc3c(c2)CCC3)c(Cl)c1. The van der Waals surface area contributed by atoms with Gasteiger partial charge in [0.1, 0.15) is 0 Å². The molecule has 0 saturated carbocycles. The topological polar surface area (TPSA) is 37.3 Å². The van der Waals surface area contributed by atoms with Gasteiger partial charge in [-0.15, -0.1) is 0 Å². The highest BCUT2D eigenvalue weighted by atomic mass is 35.5. The highest BCUT2D eigenvalue weighted by Crippen LogP contribution is 2.36. The molecule has 2 aromatic rings. The number of hydrogen-bond acceptors (Lipinski definition) is 2. The normalized spacial score (nSPS) is 13.2. The standard InChI is InChI=1S/C16H13ClO2S/c17-14-9-12(16(18)19)5-7-15(14)20-13-6-4-10-2-1-3-11(10)8-13/h4-9H,1-3H2,(H,18,19). The van der Waals surface area contributed by atoms with E-state index in [1.807, 2.05) is 0 Å². The third-order valence-corrected chi connectivity index (χ3v) is 4.97. The number of aryl methyl sites for hydroxylation is 2. The lowest BCUT2D eigenvalue weighted by molar-refractivity contribution is 0.0697. The molecule has 3 rings (SSSR count). The van der Waals surface area contributed by atoms with E-state index >= 15 is 0 Å². The van der Waals surface area contributed by atoms with Crippen LogP contribution in [-0.2, 0) is 12.8 Å². The van der Waals surface area contributed by atoms with E-state index in [0.717, 1.165) is 16.2 Å². The zero-order valence-corrected chi connectivity index (χ0v) is 12.3. The number of carbonyl (C=O) groups is 1. The van der Waals surface area contributed by atoms with E-state index in [0.29, 0.717) is 5.02 Å². The van der Waals surface area contributed by atoms with Gasteiger partial charge in [0.15, 0.2) is 0 Å².